The Bertz CT molecular complexity index is 586. The van der Waals surface area contributed by atoms with Crippen LogP contribution in [-0.2, 0) is 4.79 Å². The van der Waals surface area contributed by atoms with E-state index in [1.807, 2.05) is 0 Å². The first kappa shape index (κ1) is 13.5. The monoisotopic (exact) mass is 324 g/mol. The van der Waals surface area contributed by atoms with Crippen LogP contribution in [0.1, 0.15) is 11.7 Å². The van der Waals surface area contributed by atoms with Gasteiger partial charge in [0.15, 0.2) is 0 Å². The summed E-state index contributed by atoms with van der Waals surface area (Å²) in [6.07, 6.45) is -1.17. The van der Waals surface area contributed by atoms with E-state index < -0.39 is 17.9 Å². The zero-order chi connectivity index (χ0) is 13.8. The smallest absolute Gasteiger partial charge is 0.349 e. The Balaban J connectivity index is 2.27. The van der Waals surface area contributed by atoms with Crippen molar-refractivity contribution in [2.24, 2.45) is 0 Å². The van der Waals surface area contributed by atoms with E-state index in [0.29, 0.717) is 10.0 Å². The van der Waals surface area contributed by atoms with Gasteiger partial charge in [0.2, 0.25) is 6.10 Å². The van der Waals surface area contributed by atoms with Gasteiger partial charge in [0.05, 0.1) is 4.47 Å². The Labute approximate surface area is 117 Å². The summed E-state index contributed by atoms with van der Waals surface area (Å²) in [6.45, 7) is 0. The average molecular weight is 325 g/mol. The second-order valence-electron chi connectivity index (χ2n) is 3.82. The van der Waals surface area contributed by atoms with Crippen molar-refractivity contribution in [3.8, 4) is 5.75 Å². The first-order chi connectivity index (χ1) is 9.08. The molecular weight excluding hydrogens is 315 g/mol. The molecule has 19 heavy (non-hydrogen) atoms. The molecule has 0 fully saturated rings. The molecule has 0 amide bonds. The number of hydrogen-bond acceptors (Lipinski definition) is 2. The van der Waals surface area contributed by atoms with Crippen molar-refractivity contribution in [1.29, 1.82) is 0 Å². The lowest BCUT2D eigenvalue weighted by Crippen LogP contribution is -2.18. The fourth-order valence-electron chi connectivity index (χ4n) is 1.58. The van der Waals surface area contributed by atoms with E-state index in [1.165, 1.54) is 12.1 Å². The molecule has 2 rings (SSSR count). The Morgan fingerprint density at radius 1 is 1.21 bits per heavy atom. The highest BCUT2D eigenvalue weighted by Gasteiger charge is 2.21. The van der Waals surface area contributed by atoms with Crippen molar-refractivity contribution in [1.82, 2.24) is 0 Å². The van der Waals surface area contributed by atoms with E-state index in [2.05, 4.69) is 15.9 Å². The average Bonchev–Trinajstić information content (AvgIpc) is 2.40. The molecule has 0 saturated heterocycles. The van der Waals surface area contributed by atoms with Gasteiger partial charge in [-0.2, -0.15) is 0 Å². The fraction of sp³-hybridized carbons (Fsp3) is 0.0714. The quantitative estimate of drug-likeness (QED) is 0.930. The van der Waals surface area contributed by atoms with Crippen LogP contribution in [0.15, 0.2) is 53.0 Å². The molecule has 0 aliphatic rings. The highest BCUT2D eigenvalue weighted by atomic mass is 79.9. The van der Waals surface area contributed by atoms with Gasteiger partial charge in [-0.25, -0.2) is 9.18 Å². The molecular formula is C14H10BrFO3. The lowest BCUT2D eigenvalue weighted by molar-refractivity contribution is -0.145. The van der Waals surface area contributed by atoms with Gasteiger partial charge in [-0.15, -0.1) is 0 Å². The number of aliphatic carboxylic acids is 1. The van der Waals surface area contributed by atoms with Crippen LogP contribution in [0.2, 0.25) is 0 Å². The number of halogens is 2. The standard InChI is InChI=1S/C14H10BrFO3/c15-11-7-6-10(8-12(11)16)19-13(14(17)18)9-4-2-1-3-5-9/h1-8,13H,(H,17,18). The zero-order valence-electron chi connectivity index (χ0n) is 9.72. The highest BCUT2D eigenvalue weighted by Crippen LogP contribution is 2.26. The van der Waals surface area contributed by atoms with Crippen LogP contribution in [0.25, 0.3) is 0 Å². The van der Waals surface area contributed by atoms with E-state index in [4.69, 9.17) is 4.74 Å². The number of carbonyl (C=O) groups is 1. The third-order valence-corrected chi connectivity index (χ3v) is 3.11. The normalized spacial score (nSPS) is 11.9. The SMILES string of the molecule is O=C(O)C(Oc1ccc(Br)c(F)c1)c1ccccc1. The Morgan fingerprint density at radius 2 is 1.89 bits per heavy atom. The van der Waals surface area contributed by atoms with Crippen LogP contribution in [0, 0.1) is 5.82 Å². The second-order valence-corrected chi connectivity index (χ2v) is 4.68. The predicted molar refractivity (Wildman–Crippen MR) is 71.5 cm³/mol. The van der Waals surface area contributed by atoms with Gasteiger partial charge < -0.3 is 9.84 Å². The molecule has 98 valence electrons. The summed E-state index contributed by atoms with van der Waals surface area (Å²) in [4.78, 5) is 11.2. The lowest BCUT2D eigenvalue weighted by atomic mass is 10.1. The van der Waals surface area contributed by atoms with Gasteiger partial charge in [0.1, 0.15) is 11.6 Å². The van der Waals surface area contributed by atoms with E-state index in [9.17, 15) is 14.3 Å². The van der Waals surface area contributed by atoms with Crippen molar-refractivity contribution in [3.05, 3.63) is 64.4 Å². The van der Waals surface area contributed by atoms with E-state index in [0.717, 1.165) is 6.07 Å². The fourth-order valence-corrected chi connectivity index (χ4v) is 1.82. The maximum atomic E-state index is 13.4. The number of carboxylic acids is 1. The lowest BCUT2D eigenvalue weighted by Gasteiger charge is -2.15. The molecule has 0 saturated carbocycles. The van der Waals surface area contributed by atoms with Crippen LogP contribution in [-0.4, -0.2) is 11.1 Å². The number of ether oxygens (including phenoxy) is 1. The molecule has 3 nitrogen and oxygen atoms in total. The van der Waals surface area contributed by atoms with Crippen LogP contribution in [0.4, 0.5) is 4.39 Å². The largest absolute Gasteiger partial charge is 0.478 e. The zero-order valence-corrected chi connectivity index (χ0v) is 11.3. The Morgan fingerprint density at radius 3 is 2.47 bits per heavy atom. The van der Waals surface area contributed by atoms with Gasteiger partial charge in [-0.3, -0.25) is 0 Å². The minimum atomic E-state index is -1.17. The molecule has 0 aliphatic carbocycles. The topological polar surface area (TPSA) is 46.5 Å². The Kier molecular flexibility index (Phi) is 4.16. The van der Waals surface area contributed by atoms with Gasteiger partial charge in [-0.05, 0) is 28.1 Å². The molecule has 5 heteroatoms. The van der Waals surface area contributed by atoms with Crippen LogP contribution < -0.4 is 4.74 Å². The molecule has 2 aromatic rings. The third kappa shape index (κ3) is 3.32. The maximum absolute atomic E-state index is 13.4. The summed E-state index contributed by atoms with van der Waals surface area (Å²) < 4.78 is 19.0. The van der Waals surface area contributed by atoms with Crippen molar-refractivity contribution in [2.75, 3.05) is 0 Å². The summed E-state index contributed by atoms with van der Waals surface area (Å²) in [6, 6.07) is 12.6. The van der Waals surface area contributed by atoms with Crippen molar-refractivity contribution in [3.63, 3.8) is 0 Å². The minimum Gasteiger partial charge on any atom is -0.478 e. The molecule has 1 atom stereocenters. The number of benzene rings is 2. The maximum Gasteiger partial charge on any atom is 0.349 e. The summed E-state index contributed by atoms with van der Waals surface area (Å²) in [5.74, 6) is -1.47. The number of carboxylic acid groups (broad SMARTS) is 1. The summed E-state index contributed by atoms with van der Waals surface area (Å²) in [7, 11) is 0. The number of hydrogen-bond donors (Lipinski definition) is 1. The summed E-state index contributed by atoms with van der Waals surface area (Å²) in [5, 5.41) is 9.18. The van der Waals surface area contributed by atoms with Crippen molar-refractivity contribution >= 4 is 21.9 Å². The van der Waals surface area contributed by atoms with Gasteiger partial charge >= 0.3 is 5.97 Å². The van der Waals surface area contributed by atoms with Gasteiger partial charge in [-0.1, -0.05) is 30.3 Å². The van der Waals surface area contributed by atoms with E-state index in [1.54, 1.807) is 30.3 Å². The highest BCUT2D eigenvalue weighted by molar-refractivity contribution is 9.10. The summed E-state index contributed by atoms with van der Waals surface area (Å²) >= 11 is 3.02. The molecule has 0 heterocycles. The minimum absolute atomic E-state index is 0.164. The number of rotatable bonds is 4. The van der Waals surface area contributed by atoms with Crippen LogP contribution in [0.5, 0.6) is 5.75 Å². The molecule has 1 N–H and O–H groups in total. The van der Waals surface area contributed by atoms with Gasteiger partial charge in [0, 0.05) is 11.6 Å². The molecule has 0 spiro atoms. The van der Waals surface area contributed by atoms with Crippen molar-refractivity contribution in [2.45, 2.75) is 6.10 Å². The molecule has 0 aromatic heterocycles. The first-order valence-corrected chi connectivity index (χ1v) is 6.26. The second kappa shape index (κ2) is 5.84. The molecule has 0 bridgehead atoms. The van der Waals surface area contributed by atoms with E-state index >= 15 is 0 Å². The Hall–Kier alpha value is -1.88. The van der Waals surface area contributed by atoms with Crippen LogP contribution in [0.3, 0.4) is 0 Å². The molecule has 2 aromatic carbocycles. The van der Waals surface area contributed by atoms with Crippen LogP contribution >= 0.6 is 15.9 Å². The van der Waals surface area contributed by atoms with Gasteiger partial charge in [0.25, 0.3) is 0 Å². The van der Waals surface area contributed by atoms with E-state index in [-0.39, 0.29) is 5.75 Å². The predicted octanol–water partition coefficient (Wildman–Crippen LogP) is 3.79. The summed E-state index contributed by atoms with van der Waals surface area (Å²) in [5.41, 5.74) is 0.498. The third-order valence-electron chi connectivity index (χ3n) is 2.47. The molecule has 0 radical (unpaired) electrons. The molecule has 1 unspecified atom stereocenters. The first-order valence-electron chi connectivity index (χ1n) is 5.47. The molecule has 0 aliphatic heterocycles. The van der Waals surface area contributed by atoms with Crippen molar-refractivity contribution < 1.29 is 19.0 Å².